The Balaban J connectivity index is 1.63. The maximum absolute atomic E-state index is 14.6. The summed E-state index contributed by atoms with van der Waals surface area (Å²) in [6, 6.07) is 0. The Hall–Kier alpha value is -3.43. The molecule has 5 rings (SSSR count). The number of ether oxygens (including phenoxy) is 5. The molecule has 10 heteroatoms. The van der Waals surface area contributed by atoms with Crippen molar-refractivity contribution < 1.29 is 47.7 Å². The summed E-state index contributed by atoms with van der Waals surface area (Å²) < 4.78 is 30.2. The van der Waals surface area contributed by atoms with E-state index in [1.165, 1.54) is 13.8 Å². The summed E-state index contributed by atoms with van der Waals surface area (Å²) >= 11 is 0. The van der Waals surface area contributed by atoms with Crippen LogP contribution >= 0.6 is 0 Å². The second kappa shape index (κ2) is 14.5. The van der Waals surface area contributed by atoms with Gasteiger partial charge in [0.15, 0.2) is 0 Å². The first-order valence-electron chi connectivity index (χ1n) is 18.9. The molecule has 0 spiro atoms. The highest BCUT2D eigenvalue weighted by Crippen LogP contribution is 2.66. The van der Waals surface area contributed by atoms with Crippen molar-refractivity contribution in [1.82, 2.24) is 0 Å². The third-order valence-electron chi connectivity index (χ3n) is 13.4. The molecule has 3 fully saturated rings. The Morgan fingerprint density at radius 3 is 2.29 bits per heavy atom. The lowest BCUT2D eigenvalue weighted by Gasteiger charge is -2.47. The van der Waals surface area contributed by atoms with E-state index in [0.29, 0.717) is 37.7 Å². The van der Waals surface area contributed by atoms with Crippen LogP contribution in [0.1, 0.15) is 114 Å². The lowest BCUT2D eigenvalue weighted by molar-refractivity contribution is -0.169. The van der Waals surface area contributed by atoms with E-state index < -0.39 is 52.9 Å². The fourth-order valence-corrected chi connectivity index (χ4v) is 10.3. The lowest BCUT2D eigenvalue weighted by Crippen LogP contribution is -2.54. The first-order chi connectivity index (χ1) is 23.9. The third kappa shape index (κ3) is 6.69. The van der Waals surface area contributed by atoms with Gasteiger partial charge < -0.3 is 23.7 Å². The third-order valence-corrected chi connectivity index (χ3v) is 13.4. The van der Waals surface area contributed by atoms with Crippen LogP contribution in [-0.4, -0.2) is 60.9 Å². The van der Waals surface area contributed by atoms with E-state index in [1.54, 1.807) is 0 Å². The molecule has 0 amide bonds. The number of hydrogen-bond acceptors (Lipinski definition) is 10. The maximum Gasteiger partial charge on any atom is 0.334 e. The molecule has 2 aliphatic heterocycles. The SMILES string of the molecule is C=C1C(=O)OC2C[C@@H](C)[C@]3(C)C(=C(C)C([C@]4(C)C(=O)OC5CC(C)=C(C(C)CCCOC(C)=O)[C@H](OC(=O)CC(C)CC)C54)C3OC(C)=O)CC12. The Kier molecular flexibility index (Phi) is 11.1. The van der Waals surface area contributed by atoms with E-state index >= 15 is 0 Å². The first kappa shape index (κ1) is 38.8. The molecular weight excluding hydrogens is 652 g/mol. The summed E-state index contributed by atoms with van der Waals surface area (Å²) in [4.78, 5) is 65.4. The minimum absolute atomic E-state index is 0.0402. The van der Waals surface area contributed by atoms with Gasteiger partial charge in [0, 0.05) is 49.5 Å². The fourth-order valence-electron chi connectivity index (χ4n) is 10.3. The minimum Gasteiger partial charge on any atom is -0.466 e. The molecule has 5 aliphatic rings. The zero-order valence-electron chi connectivity index (χ0n) is 32.2. The van der Waals surface area contributed by atoms with Crippen LogP contribution < -0.4 is 0 Å². The molecule has 282 valence electrons. The van der Waals surface area contributed by atoms with Crippen LogP contribution in [0.3, 0.4) is 0 Å². The summed E-state index contributed by atoms with van der Waals surface area (Å²) in [7, 11) is 0. The summed E-state index contributed by atoms with van der Waals surface area (Å²) in [6.45, 7) is 23.5. The predicted octanol–water partition coefficient (Wildman–Crippen LogP) is 6.99. The minimum atomic E-state index is -1.24. The van der Waals surface area contributed by atoms with Gasteiger partial charge in [0.25, 0.3) is 0 Å². The number of carbonyl (C=O) groups is 5. The Morgan fingerprint density at radius 2 is 1.67 bits per heavy atom. The van der Waals surface area contributed by atoms with Crippen LogP contribution in [0.4, 0.5) is 0 Å². The van der Waals surface area contributed by atoms with Gasteiger partial charge in [-0.1, -0.05) is 64.3 Å². The van der Waals surface area contributed by atoms with Crippen molar-refractivity contribution in [2.24, 2.45) is 46.3 Å². The van der Waals surface area contributed by atoms with Gasteiger partial charge in [-0.05, 0) is 69.8 Å². The zero-order valence-corrected chi connectivity index (χ0v) is 32.2. The topological polar surface area (TPSA) is 132 Å². The second-order valence-corrected chi connectivity index (χ2v) is 16.6. The molecule has 0 N–H and O–H groups in total. The van der Waals surface area contributed by atoms with Crippen molar-refractivity contribution in [1.29, 1.82) is 0 Å². The highest BCUT2D eigenvalue weighted by atomic mass is 16.6. The molecule has 0 aromatic carbocycles. The molecular formula is C41H58O10. The number of rotatable bonds is 11. The van der Waals surface area contributed by atoms with Gasteiger partial charge in [-0.25, -0.2) is 4.79 Å². The molecule has 2 saturated heterocycles. The van der Waals surface area contributed by atoms with Crippen LogP contribution in [0.2, 0.25) is 0 Å². The number of esters is 5. The van der Waals surface area contributed by atoms with Gasteiger partial charge in [-0.15, -0.1) is 0 Å². The molecule has 51 heavy (non-hydrogen) atoms. The quantitative estimate of drug-likeness (QED) is 0.0727. The summed E-state index contributed by atoms with van der Waals surface area (Å²) in [6.07, 6.45) is 1.61. The van der Waals surface area contributed by atoms with Gasteiger partial charge in [0.05, 0.1) is 17.9 Å². The highest BCUT2D eigenvalue weighted by molar-refractivity contribution is 5.91. The van der Waals surface area contributed by atoms with Gasteiger partial charge in [0.1, 0.15) is 24.4 Å². The van der Waals surface area contributed by atoms with Crippen LogP contribution in [0.25, 0.3) is 0 Å². The van der Waals surface area contributed by atoms with Crippen molar-refractivity contribution in [2.45, 2.75) is 139 Å². The molecule has 10 nitrogen and oxygen atoms in total. The van der Waals surface area contributed by atoms with Gasteiger partial charge in [-0.3, -0.25) is 19.2 Å². The first-order valence-corrected chi connectivity index (χ1v) is 18.9. The van der Waals surface area contributed by atoms with Crippen LogP contribution in [0.5, 0.6) is 0 Å². The molecule has 8 unspecified atom stereocenters. The average molecular weight is 711 g/mol. The van der Waals surface area contributed by atoms with Crippen molar-refractivity contribution >= 4 is 29.8 Å². The molecule has 3 aliphatic carbocycles. The predicted molar refractivity (Wildman–Crippen MR) is 189 cm³/mol. The van der Waals surface area contributed by atoms with Gasteiger partial charge in [0.2, 0.25) is 0 Å². The van der Waals surface area contributed by atoms with Gasteiger partial charge >= 0.3 is 29.8 Å². The van der Waals surface area contributed by atoms with Crippen molar-refractivity contribution in [3.8, 4) is 0 Å². The molecule has 2 heterocycles. The highest BCUT2D eigenvalue weighted by Gasteiger charge is 2.70. The van der Waals surface area contributed by atoms with Crippen LogP contribution in [-0.2, 0) is 47.7 Å². The lowest BCUT2D eigenvalue weighted by atomic mass is 9.57. The van der Waals surface area contributed by atoms with Crippen molar-refractivity contribution in [3.63, 3.8) is 0 Å². The normalized spacial score (nSPS) is 37.1. The Bertz CT molecular complexity index is 1540. The van der Waals surface area contributed by atoms with E-state index in [-0.39, 0.29) is 60.7 Å². The zero-order chi connectivity index (χ0) is 37.7. The number of fused-ring (bicyclic) bond motifs is 3. The Morgan fingerprint density at radius 1 is 0.980 bits per heavy atom. The largest absolute Gasteiger partial charge is 0.466 e. The number of carbonyl (C=O) groups excluding carboxylic acids is 5. The smallest absolute Gasteiger partial charge is 0.334 e. The average Bonchev–Trinajstić information content (AvgIpc) is 3.50. The van der Waals surface area contributed by atoms with Crippen LogP contribution in [0, 0.1) is 46.3 Å². The van der Waals surface area contributed by atoms with E-state index in [2.05, 4.69) is 27.4 Å². The molecule has 1 saturated carbocycles. The Labute approximate surface area is 303 Å². The standard InChI is InChI=1S/C41H58O10/c1-12-20(2)16-32(44)51-36-33(21(3)14-13-15-47-26(8)42)22(4)17-31-35(36)41(11,39(46)50-31)34-25(7)29-19-28-24(6)38(45)49-30(28)18-23(5)40(29,10)37(34)48-27(9)43/h20-21,23,28,30-31,34-37H,6,12-19H2,1-5,7-11H3/t20?,21?,23-,28?,30?,31?,34?,35?,36+,37?,40-,41+/m1/s1. The molecule has 0 aromatic heterocycles. The molecule has 12 atom stereocenters. The second-order valence-electron chi connectivity index (χ2n) is 16.6. The molecule has 0 bridgehead atoms. The van der Waals surface area contributed by atoms with Crippen LogP contribution in [0.15, 0.2) is 34.4 Å². The fraction of sp³-hybridized carbons (Fsp3) is 0.732. The number of hydrogen-bond donors (Lipinski definition) is 0. The summed E-state index contributed by atoms with van der Waals surface area (Å²) in [5.41, 5.74) is 2.54. The van der Waals surface area contributed by atoms with E-state index in [4.69, 9.17) is 23.7 Å². The van der Waals surface area contributed by atoms with Crippen molar-refractivity contribution in [3.05, 3.63) is 34.4 Å². The van der Waals surface area contributed by atoms with Gasteiger partial charge in [-0.2, -0.15) is 0 Å². The summed E-state index contributed by atoms with van der Waals surface area (Å²) in [5, 5.41) is 0. The molecule has 0 aromatic rings. The van der Waals surface area contributed by atoms with Crippen molar-refractivity contribution in [2.75, 3.05) is 6.61 Å². The van der Waals surface area contributed by atoms with E-state index in [1.807, 2.05) is 34.6 Å². The van der Waals surface area contributed by atoms with E-state index in [0.717, 1.165) is 28.7 Å². The summed E-state index contributed by atoms with van der Waals surface area (Å²) in [5.74, 6) is -3.22. The maximum atomic E-state index is 14.6. The molecule has 0 radical (unpaired) electrons. The van der Waals surface area contributed by atoms with E-state index in [9.17, 15) is 24.0 Å². The monoisotopic (exact) mass is 710 g/mol.